The zero-order valence-corrected chi connectivity index (χ0v) is 14.6. The van der Waals surface area contributed by atoms with Crippen molar-refractivity contribution in [2.75, 3.05) is 26.2 Å². The van der Waals surface area contributed by atoms with Crippen molar-refractivity contribution in [2.45, 2.75) is 51.5 Å². The predicted octanol–water partition coefficient (Wildman–Crippen LogP) is 3.37. The maximum atomic E-state index is 6.01. The first-order valence-electron chi connectivity index (χ1n) is 8.62. The fraction of sp³-hybridized carbons (Fsp3) is 0.706. The molecule has 2 rings (SSSR count). The lowest BCUT2D eigenvalue weighted by atomic mass is 10.2. The van der Waals surface area contributed by atoms with Gasteiger partial charge in [0.25, 0.3) is 0 Å². The van der Waals surface area contributed by atoms with Gasteiger partial charge in [-0.25, -0.2) is 0 Å². The number of rotatable bonds is 9. The van der Waals surface area contributed by atoms with E-state index in [9.17, 15) is 0 Å². The van der Waals surface area contributed by atoms with Gasteiger partial charge in [0, 0.05) is 11.4 Å². The van der Waals surface area contributed by atoms with Crippen molar-refractivity contribution >= 4 is 17.3 Å². The van der Waals surface area contributed by atoms with Crippen LogP contribution in [0.2, 0.25) is 0 Å². The molecule has 1 aromatic rings. The SMILES string of the molecule is CCCCCCNC(N)=NCC(c1cccs1)N1CCCC1. The minimum atomic E-state index is 0.392. The van der Waals surface area contributed by atoms with Gasteiger partial charge < -0.3 is 11.1 Å². The standard InChI is InChI=1S/C17H30N4S/c1-2-3-4-5-10-19-17(18)20-14-15(16-9-8-13-22-16)21-11-6-7-12-21/h8-9,13,15H,2-7,10-12,14H2,1H3,(H3,18,19,20). The molecule has 1 aromatic heterocycles. The van der Waals surface area contributed by atoms with Gasteiger partial charge in [-0.1, -0.05) is 32.3 Å². The van der Waals surface area contributed by atoms with Crippen LogP contribution in [0.1, 0.15) is 56.4 Å². The zero-order chi connectivity index (χ0) is 15.6. The Balaban J connectivity index is 1.81. The Bertz CT molecular complexity index is 424. The van der Waals surface area contributed by atoms with E-state index in [1.165, 1.54) is 56.5 Å². The van der Waals surface area contributed by atoms with Gasteiger partial charge in [0.1, 0.15) is 0 Å². The van der Waals surface area contributed by atoms with Crippen molar-refractivity contribution in [1.29, 1.82) is 0 Å². The van der Waals surface area contributed by atoms with E-state index in [0.29, 0.717) is 12.0 Å². The van der Waals surface area contributed by atoms with Gasteiger partial charge in [-0.15, -0.1) is 11.3 Å². The third-order valence-corrected chi connectivity index (χ3v) is 5.20. The van der Waals surface area contributed by atoms with Crippen LogP contribution in [0.5, 0.6) is 0 Å². The highest BCUT2D eigenvalue weighted by molar-refractivity contribution is 7.10. The normalized spacial score (nSPS) is 17.8. The lowest BCUT2D eigenvalue weighted by Gasteiger charge is -2.25. The molecule has 1 aliphatic rings. The van der Waals surface area contributed by atoms with E-state index in [1.54, 1.807) is 0 Å². The Morgan fingerprint density at radius 2 is 2.18 bits per heavy atom. The molecule has 2 heterocycles. The molecule has 1 fully saturated rings. The molecule has 4 nitrogen and oxygen atoms in total. The fourth-order valence-electron chi connectivity index (χ4n) is 2.93. The molecule has 0 aromatic carbocycles. The average molecular weight is 323 g/mol. The molecule has 1 saturated heterocycles. The Morgan fingerprint density at radius 3 is 2.86 bits per heavy atom. The van der Waals surface area contributed by atoms with Crippen LogP contribution >= 0.6 is 11.3 Å². The van der Waals surface area contributed by atoms with Crippen molar-refractivity contribution in [3.8, 4) is 0 Å². The van der Waals surface area contributed by atoms with Crippen LogP contribution in [0.3, 0.4) is 0 Å². The lowest BCUT2D eigenvalue weighted by Crippen LogP contribution is -2.34. The maximum Gasteiger partial charge on any atom is 0.188 e. The number of nitrogens with two attached hydrogens (primary N) is 1. The molecule has 124 valence electrons. The van der Waals surface area contributed by atoms with Crippen molar-refractivity contribution in [3.63, 3.8) is 0 Å². The molecule has 0 amide bonds. The highest BCUT2D eigenvalue weighted by Crippen LogP contribution is 2.28. The zero-order valence-electron chi connectivity index (χ0n) is 13.8. The lowest BCUT2D eigenvalue weighted by molar-refractivity contribution is 0.255. The highest BCUT2D eigenvalue weighted by Gasteiger charge is 2.23. The molecular weight excluding hydrogens is 292 g/mol. The number of guanidine groups is 1. The molecular formula is C17H30N4S. The van der Waals surface area contributed by atoms with E-state index in [0.717, 1.165) is 13.1 Å². The number of nitrogens with zero attached hydrogens (tertiary/aromatic N) is 2. The van der Waals surface area contributed by atoms with E-state index in [-0.39, 0.29) is 0 Å². The van der Waals surface area contributed by atoms with Gasteiger partial charge in [-0.2, -0.15) is 0 Å². The first kappa shape index (κ1) is 17.3. The number of likely N-dealkylation sites (tertiary alicyclic amines) is 1. The summed E-state index contributed by atoms with van der Waals surface area (Å²) in [6.07, 6.45) is 7.61. The van der Waals surface area contributed by atoms with Gasteiger partial charge in [-0.05, 0) is 43.8 Å². The predicted molar refractivity (Wildman–Crippen MR) is 96.5 cm³/mol. The number of unbranched alkanes of at least 4 members (excludes halogenated alkanes) is 3. The first-order chi connectivity index (χ1) is 10.8. The Labute approximate surface area is 138 Å². The third kappa shape index (κ3) is 5.61. The topological polar surface area (TPSA) is 53.6 Å². The van der Waals surface area contributed by atoms with Crippen LogP contribution in [0.25, 0.3) is 0 Å². The van der Waals surface area contributed by atoms with Gasteiger partial charge in [0.2, 0.25) is 0 Å². The summed E-state index contributed by atoms with van der Waals surface area (Å²) in [5.41, 5.74) is 6.01. The second-order valence-electron chi connectivity index (χ2n) is 5.99. The van der Waals surface area contributed by atoms with E-state index >= 15 is 0 Å². The van der Waals surface area contributed by atoms with E-state index < -0.39 is 0 Å². The van der Waals surface area contributed by atoms with Crippen LogP contribution in [-0.2, 0) is 0 Å². The number of thiophene rings is 1. The molecule has 0 radical (unpaired) electrons. The van der Waals surface area contributed by atoms with Crippen LogP contribution in [0.15, 0.2) is 22.5 Å². The van der Waals surface area contributed by atoms with Crippen LogP contribution in [0, 0.1) is 0 Å². The second kappa shape index (κ2) is 9.85. The minimum Gasteiger partial charge on any atom is -0.370 e. The van der Waals surface area contributed by atoms with Crippen molar-refractivity contribution < 1.29 is 0 Å². The molecule has 0 spiro atoms. The van der Waals surface area contributed by atoms with Crippen molar-refractivity contribution in [2.24, 2.45) is 10.7 Å². The summed E-state index contributed by atoms with van der Waals surface area (Å²) in [6, 6.07) is 4.74. The molecule has 3 N–H and O–H groups in total. The molecule has 0 aliphatic carbocycles. The maximum absolute atomic E-state index is 6.01. The quantitative estimate of drug-likeness (QED) is 0.416. The summed E-state index contributed by atoms with van der Waals surface area (Å²) in [7, 11) is 0. The summed E-state index contributed by atoms with van der Waals surface area (Å²) in [5.74, 6) is 0.595. The second-order valence-corrected chi connectivity index (χ2v) is 6.97. The minimum absolute atomic E-state index is 0.392. The summed E-state index contributed by atoms with van der Waals surface area (Å²) in [4.78, 5) is 8.54. The summed E-state index contributed by atoms with van der Waals surface area (Å²) in [5, 5.41) is 5.40. The van der Waals surface area contributed by atoms with Crippen molar-refractivity contribution in [3.05, 3.63) is 22.4 Å². The Morgan fingerprint density at radius 1 is 1.36 bits per heavy atom. The number of nitrogens with one attached hydrogen (secondary N) is 1. The van der Waals surface area contributed by atoms with E-state index in [4.69, 9.17) is 5.73 Å². The molecule has 22 heavy (non-hydrogen) atoms. The molecule has 0 bridgehead atoms. The smallest absolute Gasteiger partial charge is 0.188 e. The first-order valence-corrected chi connectivity index (χ1v) is 9.50. The van der Waals surface area contributed by atoms with Crippen LogP contribution < -0.4 is 11.1 Å². The summed E-state index contributed by atoms with van der Waals surface area (Å²) < 4.78 is 0. The molecule has 0 saturated carbocycles. The summed E-state index contributed by atoms with van der Waals surface area (Å²) in [6.45, 7) is 6.29. The average Bonchev–Trinajstić information content (AvgIpc) is 3.21. The van der Waals surface area contributed by atoms with Crippen LogP contribution in [-0.4, -0.2) is 37.0 Å². The third-order valence-electron chi connectivity index (χ3n) is 4.22. The van der Waals surface area contributed by atoms with Crippen LogP contribution in [0.4, 0.5) is 0 Å². The number of aliphatic imine (C=N–C) groups is 1. The van der Waals surface area contributed by atoms with Gasteiger partial charge >= 0.3 is 0 Å². The molecule has 5 heteroatoms. The summed E-state index contributed by atoms with van der Waals surface area (Å²) >= 11 is 1.82. The largest absolute Gasteiger partial charge is 0.370 e. The molecule has 1 atom stereocenters. The number of hydrogen-bond acceptors (Lipinski definition) is 3. The monoisotopic (exact) mass is 322 g/mol. The van der Waals surface area contributed by atoms with Gasteiger partial charge in [-0.3, -0.25) is 9.89 Å². The Kier molecular flexibility index (Phi) is 7.74. The number of hydrogen-bond donors (Lipinski definition) is 2. The molecule has 1 unspecified atom stereocenters. The fourth-order valence-corrected chi connectivity index (χ4v) is 3.78. The van der Waals surface area contributed by atoms with Gasteiger partial charge in [0.05, 0.1) is 12.6 Å². The van der Waals surface area contributed by atoms with E-state index in [1.807, 2.05) is 11.3 Å². The highest BCUT2D eigenvalue weighted by atomic mass is 32.1. The van der Waals surface area contributed by atoms with Crippen molar-refractivity contribution in [1.82, 2.24) is 10.2 Å². The van der Waals surface area contributed by atoms with E-state index in [2.05, 4.69) is 39.6 Å². The van der Waals surface area contributed by atoms with Gasteiger partial charge in [0.15, 0.2) is 5.96 Å². The molecule has 1 aliphatic heterocycles. The Hall–Kier alpha value is -1.07.